The number of aryl methyl sites for hydroxylation is 1. The Kier molecular flexibility index (Phi) is 6.72. The Morgan fingerprint density at radius 3 is 2.42 bits per heavy atom. The van der Waals surface area contributed by atoms with Crippen molar-refractivity contribution in [3.05, 3.63) is 71.5 Å². The molecule has 1 saturated heterocycles. The number of hydrogen-bond donors (Lipinski definition) is 1. The summed E-state index contributed by atoms with van der Waals surface area (Å²) in [5.41, 5.74) is 0.964. The van der Waals surface area contributed by atoms with Crippen molar-refractivity contribution in [2.45, 2.75) is 19.5 Å². The number of ketones is 1. The number of hydrogen-bond acceptors (Lipinski definition) is 7. The molecular formula is C23H19Cl2NO5S2. The highest BCUT2D eigenvalue weighted by molar-refractivity contribution is 7.10. The van der Waals surface area contributed by atoms with Crippen LogP contribution in [-0.2, 0) is 16.1 Å². The standard InChI is InChI=1S/C23H19Cl2NO5S2/c1-11-6-8-33-22(11)17-15(19(28)23(29)26(17)10-12-5-4-7-32-12)18(27)13-9-14(24)21(31-3)16(25)20(13)30-2/h4-9,17,27H,10H2,1-3H3/b18-15+. The van der Waals surface area contributed by atoms with E-state index in [9.17, 15) is 14.7 Å². The first-order valence-electron chi connectivity index (χ1n) is 9.75. The number of halogens is 2. The lowest BCUT2D eigenvalue weighted by Crippen LogP contribution is -2.28. The van der Waals surface area contributed by atoms with Crippen LogP contribution in [0.25, 0.3) is 5.76 Å². The summed E-state index contributed by atoms with van der Waals surface area (Å²) < 4.78 is 10.6. The lowest BCUT2D eigenvalue weighted by molar-refractivity contribution is -0.140. The zero-order valence-electron chi connectivity index (χ0n) is 17.8. The summed E-state index contributed by atoms with van der Waals surface area (Å²) in [5.74, 6) is -1.63. The lowest BCUT2D eigenvalue weighted by atomic mass is 9.97. The quantitative estimate of drug-likeness (QED) is 0.241. The Bertz CT molecular complexity index is 1270. The number of thiophene rings is 2. The van der Waals surface area contributed by atoms with Gasteiger partial charge in [0.25, 0.3) is 11.7 Å². The van der Waals surface area contributed by atoms with Crippen LogP contribution in [0.4, 0.5) is 0 Å². The van der Waals surface area contributed by atoms with E-state index in [1.165, 1.54) is 47.9 Å². The number of ether oxygens (including phenoxy) is 2. The highest BCUT2D eigenvalue weighted by atomic mass is 35.5. The molecule has 0 bridgehead atoms. The Hall–Kier alpha value is -2.52. The molecule has 10 heteroatoms. The summed E-state index contributed by atoms with van der Waals surface area (Å²) in [6.45, 7) is 2.14. The van der Waals surface area contributed by atoms with Gasteiger partial charge in [0.2, 0.25) is 0 Å². The van der Waals surface area contributed by atoms with Gasteiger partial charge in [0.1, 0.15) is 16.8 Å². The van der Waals surface area contributed by atoms with Gasteiger partial charge in [0.15, 0.2) is 11.5 Å². The Morgan fingerprint density at radius 2 is 1.85 bits per heavy atom. The molecule has 6 nitrogen and oxygen atoms in total. The monoisotopic (exact) mass is 523 g/mol. The molecule has 1 aromatic carbocycles. The highest BCUT2D eigenvalue weighted by Gasteiger charge is 2.47. The van der Waals surface area contributed by atoms with Crippen molar-refractivity contribution in [1.29, 1.82) is 0 Å². The fourth-order valence-electron chi connectivity index (χ4n) is 3.84. The minimum Gasteiger partial charge on any atom is -0.507 e. The maximum Gasteiger partial charge on any atom is 0.296 e. The fraction of sp³-hybridized carbons (Fsp3) is 0.217. The number of carbonyl (C=O) groups excluding carboxylic acids is 2. The third kappa shape index (κ3) is 4.01. The number of nitrogens with zero attached hydrogens (tertiary/aromatic N) is 1. The van der Waals surface area contributed by atoms with Gasteiger partial charge in [-0.1, -0.05) is 29.3 Å². The van der Waals surface area contributed by atoms with E-state index in [4.69, 9.17) is 32.7 Å². The van der Waals surface area contributed by atoms with Crippen molar-refractivity contribution in [2.75, 3.05) is 14.2 Å². The van der Waals surface area contributed by atoms with Crippen molar-refractivity contribution >= 4 is 63.3 Å². The number of Topliss-reactive ketones (excluding diaryl/α,β-unsaturated/α-hetero) is 1. The lowest BCUT2D eigenvalue weighted by Gasteiger charge is -2.24. The summed E-state index contributed by atoms with van der Waals surface area (Å²) in [6, 6.07) is 6.33. The predicted molar refractivity (Wildman–Crippen MR) is 131 cm³/mol. The predicted octanol–water partition coefficient (Wildman–Crippen LogP) is 6.06. The maximum absolute atomic E-state index is 13.2. The number of likely N-dealkylation sites (tertiary alicyclic amines) is 1. The second-order valence-corrected chi connectivity index (χ2v) is 10.0. The second kappa shape index (κ2) is 9.38. The van der Waals surface area contributed by atoms with Gasteiger partial charge in [-0.05, 0) is 41.4 Å². The zero-order chi connectivity index (χ0) is 23.9. The van der Waals surface area contributed by atoms with Crippen LogP contribution in [-0.4, -0.2) is 35.9 Å². The van der Waals surface area contributed by atoms with Crippen molar-refractivity contribution < 1.29 is 24.2 Å². The van der Waals surface area contributed by atoms with Gasteiger partial charge in [-0.15, -0.1) is 22.7 Å². The van der Waals surface area contributed by atoms with E-state index in [-0.39, 0.29) is 39.2 Å². The first kappa shape index (κ1) is 23.6. The number of methoxy groups -OCH3 is 2. The Morgan fingerprint density at radius 1 is 1.12 bits per heavy atom. The normalized spacial score (nSPS) is 17.6. The summed E-state index contributed by atoms with van der Waals surface area (Å²) in [4.78, 5) is 29.5. The van der Waals surface area contributed by atoms with E-state index in [0.717, 1.165) is 15.3 Å². The summed E-state index contributed by atoms with van der Waals surface area (Å²) in [5, 5.41) is 15.4. The fourth-order valence-corrected chi connectivity index (χ4v) is 6.28. The van der Waals surface area contributed by atoms with Gasteiger partial charge in [-0.3, -0.25) is 9.59 Å². The van der Waals surface area contributed by atoms with E-state index in [0.29, 0.717) is 0 Å². The van der Waals surface area contributed by atoms with Crippen molar-refractivity contribution in [3.63, 3.8) is 0 Å². The molecule has 1 amide bonds. The number of carbonyl (C=O) groups is 2. The number of rotatable bonds is 6. The molecule has 1 aliphatic rings. The number of aliphatic hydroxyl groups is 1. The van der Waals surface area contributed by atoms with Crippen molar-refractivity contribution in [1.82, 2.24) is 4.90 Å². The summed E-state index contributed by atoms with van der Waals surface area (Å²) in [7, 11) is 2.78. The van der Waals surface area contributed by atoms with Crippen LogP contribution in [0.5, 0.6) is 11.5 Å². The van der Waals surface area contributed by atoms with Crippen LogP contribution < -0.4 is 9.47 Å². The Balaban J connectivity index is 1.95. The van der Waals surface area contributed by atoms with Gasteiger partial charge >= 0.3 is 0 Å². The summed E-state index contributed by atoms with van der Waals surface area (Å²) >= 11 is 15.6. The topological polar surface area (TPSA) is 76.1 Å². The molecule has 2 aromatic heterocycles. The van der Waals surface area contributed by atoms with E-state index < -0.39 is 23.5 Å². The van der Waals surface area contributed by atoms with Crippen molar-refractivity contribution in [3.8, 4) is 11.5 Å². The summed E-state index contributed by atoms with van der Waals surface area (Å²) in [6.07, 6.45) is 0. The molecule has 1 N–H and O–H groups in total. The minimum atomic E-state index is -0.785. The largest absolute Gasteiger partial charge is 0.507 e. The molecule has 3 aromatic rings. The van der Waals surface area contributed by atoms with Gasteiger partial charge in [0, 0.05) is 9.75 Å². The van der Waals surface area contributed by atoms with Crippen LogP contribution in [0, 0.1) is 6.92 Å². The molecular weight excluding hydrogens is 505 g/mol. The van der Waals surface area contributed by atoms with E-state index in [1.54, 1.807) is 0 Å². The average Bonchev–Trinajstić information content (AvgIpc) is 3.50. The molecule has 1 aliphatic heterocycles. The van der Waals surface area contributed by atoms with E-state index >= 15 is 0 Å². The van der Waals surface area contributed by atoms with Crippen LogP contribution in [0.2, 0.25) is 10.0 Å². The van der Waals surface area contributed by atoms with E-state index in [1.807, 2.05) is 35.9 Å². The molecule has 1 fully saturated rings. The van der Waals surface area contributed by atoms with Crippen molar-refractivity contribution in [2.24, 2.45) is 0 Å². The molecule has 0 aliphatic carbocycles. The molecule has 3 heterocycles. The number of amides is 1. The third-order valence-corrected chi connectivity index (χ3v) is 7.95. The molecule has 0 saturated carbocycles. The Labute approximate surface area is 208 Å². The van der Waals surface area contributed by atoms with Gasteiger partial charge in [0.05, 0.1) is 36.9 Å². The smallest absolute Gasteiger partial charge is 0.296 e. The molecule has 33 heavy (non-hydrogen) atoms. The first-order chi connectivity index (χ1) is 15.8. The SMILES string of the molecule is COc1c(Cl)cc(/C(O)=C2\C(=O)C(=O)N(Cc3cccs3)C2c2sccc2C)c(OC)c1Cl. The van der Waals surface area contributed by atoms with Crippen LogP contribution in [0.1, 0.15) is 26.9 Å². The van der Waals surface area contributed by atoms with E-state index in [2.05, 4.69) is 0 Å². The third-order valence-electron chi connectivity index (χ3n) is 5.39. The minimum absolute atomic E-state index is 0.0438. The maximum atomic E-state index is 13.2. The number of benzene rings is 1. The van der Waals surface area contributed by atoms with Gasteiger partial charge < -0.3 is 19.5 Å². The highest BCUT2D eigenvalue weighted by Crippen LogP contribution is 2.48. The molecule has 1 atom stereocenters. The molecule has 0 radical (unpaired) electrons. The molecule has 172 valence electrons. The molecule has 0 spiro atoms. The van der Waals surface area contributed by atoms with Crippen LogP contribution >= 0.6 is 45.9 Å². The first-order valence-corrected chi connectivity index (χ1v) is 12.3. The van der Waals surface area contributed by atoms with Crippen LogP contribution in [0.3, 0.4) is 0 Å². The molecule has 4 rings (SSSR count). The zero-order valence-corrected chi connectivity index (χ0v) is 21.0. The second-order valence-electron chi connectivity index (χ2n) is 7.26. The van der Waals surface area contributed by atoms with Gasteiger partial charge in [-0.2, -0.15) is 0 Å². The van der Waals surface area contributed by atoms with Crippen LogP contribution in [0.15, 0.2) is 40.6 Å². The average molecular weight is 524 g/mol. The number of aliphatic hydroxyl groups excluding tert-OH is 1. The van der Waals surface area contributed by atoms with Gasteiger partial charge in [-0.25, -0.2) is 0 Å². The molecule has 1 unspecified atom stereocenters.